The Morgan fingerprint density at radius 3 is 1.83 bits per heavy atom. The average molecular weight is 574 g/mol. The first-order chi connectivity index (χ1) is 19.9. The van der Waals surface area contributed by atoms with Crippen LogP contribution < -0.4 is 9.47 Å². The van der Waals surface area contributed by atoms with Gasteiger partial charge < -0.3 is 35.0 Å². The molecule has 2 aromatic rings. The summed E-state index contributed by atoms with van der Waals surface area (Å²) in [7, 11) is 2.53. The molecule has 2 aromatic carbocycles. The molecule has 7 unspecified atom stereocenters. The molecule has 6 aliphatic carbocycles. The number of hydrogen-bond donors (Lipinski definition) is 5. The van der Waals surface area contributed by atoms with Crippen molar-refractivity contribution in [3.05, 3.63) is 52.1 Å². The number of hydrogen-bond acceptors (Lipinski definition) is 12. The summed E-state index contributed by atoms with van der Waals surface area (Å²) < 4.78 is 10.3. The van der Waals surface area contributed by atoms with Gasteiger partial charge >= 0.3 is 0 Å². The van der Waals surface area contributed by atoms with Gasteiger partial charge in [-0.15, -0.1) is 0 Å². The molecule has 0 radical (unpaired) electrons. The van der Waals surface area contributed by atoms with Crippen molar-refractivity contribution in [3.8, 4) is 23.0 Å². The minimum Gasteiger partial charge on any atom is -0.507 e. The smallest absolute Gasteiger partial charge is 0.178 e. The van der Waals surface area contributed by atoms with Crippen molar-refractivity contribution in [1.29, 1.82) is 0 Å². The molecule has 42 heavy (non-hydrogen) atoms. The Kier molecular flexibility index (Phi) is 4.35. The molecule has 4 saturated carbocycles. The number of fused-ring (bicyclic) bond motifs is 4. The van der Waals surface area contributed by atoms with Gasteiger partial charge in [0.1, 0.15) is 28.8 Å². The molecule has 0 amide bonds. The van der Waals surface area contributed by atoms with Crippen LogP contribution in [0.4, 0.5) is 0 Å². The predicted molar refractivity (Wildman–Crippen MR) is 136 cm³/mol. The molecule has 8 rings (SSSR count). The maximum absolute atomic E-state index is 14.6. The van der Waals surface area contributed by atoms with Crippen molar-refractivity contribution in [2.75, 3.05) is 14.2 Å². The van der Waals surface area contributed by atoms with E-state index in [9.17, 15) is 49.5 Å². The van der Waals surface area contributed by atoms with Crippen LogP contribution in [0.25, 0.3) is 5.76 Å². The molecule has 214 valence electrons. The number of carbonyl (C=O) groups is 5. The largest absolute Gasteiger partial charge is 0.507 e. The van der Waals surface area contributed by atoms with E-state index in [2.05, 4.69) is 0 Å². The first-order valence-corrected chi connectivity index (χ1v) is 13.3. The third kappa shape index (κ3) is 2.16. The van der Waals surface area contributed by atoms with E-state index in [1.165, 1.54) is 26.4 Å². The Hall–Kier alpha value is -4.55. The zero-order valence-electron chi connectivity index (χ0n) is 21.9. The second kappa shape index (κ2) is 7.26. The van der Waals surface area contributed by atoms with E-state index in [4.69, 9.17) is 9.47 Å². The van der Waals surface area contributed by atoms with Gasteiger partial charge in [-0.3, -0.25) is 24.0 Å². The van der Waals surface area contributed by atoms with Crippen LogP contribution in [0.3, 0.4) is 0 Å². The van der Waals surface area contributed by atoms with Gasteiger partial charge in [0.15, 0.2) is 28.9 Å². The molecule has 0 heterocycles. The number of aliphatic hydroxyl groups excluding tert-OH is 3. The highest BCUT2D eigenvalue weighted by Gasteiger charge is 2.91. The van der Waals surface area contributed by atoms with Gasteiger partial charge in [-0.2, -0.15) is 0 Å². The van der Waals surface area contributed by atoms with Crippen LogP contribution in [-0.4, -0.2) is 80.9 Å². The molecular formula is C30H22O12. The SMILES string of the molecule is COc1cc(O)c2c(c1)C(=O)C13C(C2=O)C(=O)C2[C@H](O)C1C1[C@H](O)C3C(=O)C3=C(O)c4c(O)cc(OC)cc4C(=O)C321. The van der Waals surface area contributed by atoms with E-state index in [1.807, 2.05) is 0 Å². The van der Waals surface area contributed by atoms with Gasteiger partial charge in [-0.25, -0.2) is 0 Å². The Morgan fingerprint density at radius 1 is 0.690 bits per heavy atom. The number of allylic oxidation sites excluding steroid dienone is 1. The van der Waals surface area contributed by atoms with Gasteiger partial charge in [0, 0.05) is 35.1 Å². The normalized spacial score (nSPS) is 38.4. The van der Waals surface area contributed by atoms with Crippen LogP contribution >= 0.6 is 0 Å². The number of ether oxygens (including phenoxy) is 2. The van der Waals surface area contributed by atoms with Crippen LogP contribution in [0, 0.1) is 40.4 Å². The van der Waals surface area contributed by atoms with Crippen LogP contribution in [0.15, 0.2) is 29.8 Å². The fourth-order valence-electron chi connectivity index (χ4n) is 9.69. The molecule has 0 saturated heterocycles. The van der Waals surface area contributed by atoms with E-state index in [1.54, 1.807) is 0 Å². The van der Waals surface area contributed by atoms with E-state index in [-0.39, 0.29) is 28.2 Å². The van der Waals surface area contributed by atoms with Crippen LogP contribution in [0.1, 0.15) is 36.6 Å². The first-order valence-electron chi connectivity index (χ1n) is 13.3. The lowest BCUT2D eigenvalue weighted by Gasteiger charge is -2.55. The van der Waals surface area contributed by atoms with Crippen molar-refractivity contribution in [2.45, 2.75) is 12.2 Å². The second-order valence-electron chi connectivity index (χ2n) is 11.9. The van der Waals surface area contributed by atoms with E-state index in [0.717, 1.165) is 12.1 Å². The number of ketones is 5. The number of aliphatic hydroxyl groups is 3. The summed E-state index contributed by atoms with van der Waals surface area (Å²) in [6, 6.07) is 4.61. The number of aromatic hydroxyl groups is 2. The van der Waals surface area contributed by atoms with Gasteiger partial charge in [0.25, 0.3) is 0 Å². The third-order valence-electron chi connectivity index (χ3n) is 10.8. The Bertz CT molecular complexity index is 1820. The van der Waals surface area contributed by atoms with Gasteiger partial charge in [0.2, 0.25) is 0 Å². The summed E-state index contributed by atoms with van der Waals surface area (Å²) in [5.74, 6) is -15.2. The minimum atomic E-state index is -2.34. The van der Waals surface area contributed by atoms with E-state index < -0.39 is 110 Å². The molecule has 12 heteroatoms. The zero-order valence-corrected chi connectivity index (χ0v) is 21.9. The summed E-state index contributed by atoms with van der Waals surface area (Å²) in [5.41, 5.74) is -6.71. The Balaban J connectivity index is 1.50. The molecular weight excluding hydrogens is 552 g/mol. The fourth-order valence-corrected chi connectivity index (χ4v) is 9.69. The number of benzene rings is 2. The quantitative estimate of drug-likeness (QED) is 0.313. The summed E-state index contributed by atoms with van der Waals surface area (Å²) in [4.78, 5) is 72.2. The minimum absolute atomic E-state index is 0.00243. The highest BCUT2D eigenvalue weighted by molar-refractivity contribution is 6.32. The number of rotatable bonds is 2. The zero-order chi connectivity index (χ0) is 29.9. The summed E-state index contributed by atoms with van der Waals surface area (Å²) in [5, 5.41) is 56.5. The van der Waals surface area contributed by atoms with Crippen molar-refractivity contribution in [3.63, 3.8) is 0 Å². The molecule has 12 nitrogen and oxygen atoms in total. The number of carbonyl (C=O) groups excluding carboxylic acids is 5. The lowest BCUT2D eigenvalue weighted by molar-refractivity contribution is -0.154. The molecule has 2 spiro atoms. The molecule has 5 N–H and O–H groups in total. The fraction of sp³-hybridized carbons (Fsp3) is 0.367. The van der Waals surface area contributed by atoms with Crippen LogP contribution in [0.2, 0.25) is 0 Å². The molecule has 0 aromatic heterocycles. The number of phenols is 2. The van der Waals surface area contributed by atoms with Gasteiger partial charge in [-0.1, -0.05) is 0 Å². The lowest BCUT2D eigenvalue weighted by atomic mass is 9.43. The maximum atomic E-state index is 14.6. The number of methoxy groups -OCH3 is 2. The average Bonchev–Trinajstić information content (AvgIpc) is 3.31. The monoisotopic (exact) mass is 574 g/mol. The number of phenolic OH excluding ortho intramolecular Hbond substituents is 2. The lowest BCUT2D eigenvalue weighted by Crippen LogP contribution is -2.69. The maximum Gasteiger partial charge on any atom is 0.178 e. The second-order valence-corrected chi connectivity index (χ2v) is 11.9. The summed E-state index contributed by atoms with van der Waals surface area (Å²) in [6.07, 6.45) is -3.51. The molecule has 0 aliphatic heterocycles. The Labute approximate surface area is 235 Å². The van der Waals surface area contributed by atoms with Crippen molar-refractivity contribution >= 4 is 34.7 Å². The standard InChI is InChI=1S/C30H22O12/c1-41-7-3-9-13(11(31)5-7)21(33)17-25(37)20-23(35)15-16-24(36)19(29(15,17)27(9)39)26(38)18-22(34)14-10(28(40)30(16,18)20)4-8(42-2)6-12(14)32/h3-6,15-17,19-20,23-24,31-32,34-36H,1-2H3/t15?,16?,17?,19?,20?,23-,24+,29?,30?/m1/s1. The topological polar surface area (TPSA) is 205 Å². The van der Waals surface area contributed by atoms with Gasteiger partial charge in [0.05, 0.1) is 71.7 Å². The van der Waals surface area contributed by atoms with E-state index >= 15 is 0 Å². The molecule has 4 fully saturated rings. The summed E-state index contributed by atoms with van der Waals surface area (Å²) >= 11 is 0. The predicted octanol–water partition coefficient (Wildman–Crippen LogP) is 0.628. The van der Waals surface area contributed by atoms with Gasteiger partial charge in [-0.05, 0) is 12.1 Å². The van der Waals surface area contributed by atoms with E-state index in [0.29, 0.717) is 0 Å². The third-order valence-corrected chi connectivity index (χ3v) is 10.8. The van der Waals surface area contributed by atoms with Crippen LogP contribution in [0.5, 0.6) is 23.0 Å². The number of Topliss-reactive ketones (excluding diaryl/α,β-unsaturated/α-hetero) is 5. The Morgan fingerprint density at radius 2 is 1.24 bits per heavy atom. The highest BCUT2D eigenvalue weighted by Crippen LogP contribution is 2.80. The molecule has 9 atom stereocenters. The first kappa shape index (κ1) is 25.2. The highest BCUT2D eigenvalue weighted by atomic mass is 16.5. The van der Waals surface area contributed by atoms with Crippen molar-refractivity contribution < 1.29 is 59.0 Å². The van der Waals surface area contributed by atoms with Crippen molar-refractivity contribution in [2.24, 2.45) is 40.4 Å². The summed E-state index contributed by atoms with van der Waals surface area (Å²) in [6.45, 7) is 0. The molecule has 6 aliphatic rings. The van der Waals surface area contributed by atoms with Crippen molar-refractivity contribution in [1.82, 2.24) is 0 Å². The molecule has 4 bridgehead atoms. The van der Waals surface area contributed by atoms with Crippen LogP contribution in [-0.2, 0) is 9.59 Å².